The number of carbonyl (C=O) groups is 1. The van der Waals surface area contributed by atoms with Crippen molar-refractivity contribution in [2.75, 3.05) is 0 Å². The van der Waals surface area contributed by atoms with Crippen molar-refractivity contribution >= 4 is 13.6 Å². The SMILES string of the molecule is O=C(O)C1(C(CCCc2ccccc2)P(=O)(O)O)CCCC1. The summed E-state index contributed by atoms with van der Waals surface area (Å²) >= 11 is 0. The quantitative estimate of drug-likeness (QED) is 0.669. The Labute approximate surface area is 130 Å². The van der Waals surface area contributed by atoms with E-state index in [0.717, 1.165) is 18.4 Å². The fraction of sp³-hybridized carbons (Fsp3) is 0.562. The van der Waals surface area contributed by atoms with Crippen molar-refractivity contribution in [1.29, 1.82) is 0 Å². The van der Waals surface area contributed by atoms with Crippen LogP contribution in [0, 0.1) is 5.41 Å². The van der Waals surface area contributed by atoms with Gasteiger partial charge in [0.1, 0.15) is 0 Å². The first kappa shape index (κ1) is 17.2. The molecule has 0 radical (unpaired) electrons. The van der Waals surface area contributed by atoms with Crippen molar-refractivity contribution in [2.45, 2.75) is 50.6 Å². The van der Waals surface area contributed by atoms with Crippen LogP contribution < -0.4 is 0 Å². The highest BCUT2D eigenvalue weighted by atomic mass is 31.2. The molecule has 1 aromatic rings. The maximum Gasteiger partial charge on any atom is 0.329 e. The van der Waals surface area contributed by atoms with Crippen LogP contribution in [-0.4, -0.2) is 26.5 Å². The van der Waals surface area contributed by atoms with E-state index < -0.39 is 24.6 Å². The molecule has 0 amide bonds. The van der Waals surface area contributed by atoms with Gasteiger partial charge in [0.2, 0.25) is 0 Å². The van der Waals surface area contributed by atoms with E-state index in [1.165, 1.54) is 0 Å². The van der Waals surface area contributed by atoms with Gasteiger partial charge in [0, 0.05) is 0 Å². The lowest BCUT2D eigenvalue weighted by Gasteiger charge is -2.34. The van der Waals surface area contributed by atoms with Gasteiger partial charge in [0.25, 0.3) is 0 Å². The molecular weight excluding hydrogens is 303 g/mol. The monoisotopic (exact) mass is 326 g/mol. The molecule has 6 heteroatoms. The van der Waals surface area contributed by atoms with Gasteiger partial charge in [-0.15, -0.1) is 0 Å². The summed E-state index contributed by atoms with van der Waals surface area (Å²) in [4.78, 5) is 31.1. The summed E-state index contributed by atoms with van der Waals surface area (Å²) in [6.45, 7) is 0. The Morgan fingerprint density at radius 3 is 2.27 bits per heavy atom. The Hall–Kier alpha value is -1.16. The number of hydrogen-bond donors (Lipinski definition) is 3. The zero-order valence-electron chi connectivity index (χ0n) is 12.5. The van der Waals surface area contributed by atoms with Crippen molar-refractivity contribution in [3.8, 4) is 0 Å². The van der Waals surface area contributed by atoms with Gasteiger partial charge in [0.15, 0.2) is 0 Å². The van der Waals surface area contributed by atoms with Gasteiger partial charge in [0.05, 0.1) is 11.1 Å². The third kappa shape index (κ3) is 3.78. The third-order valence-corrected chi connectivity index (χ3v) is 6.32. The Morgan fingerprint density at radius 2 is 1.77 bits per heavy atom. The second-order valence-corrected chi connectivity index (χ2v) is 7.95. The third-order valence-electron chi connectivity index (χ3n) is 4.75. The smallest absolute Gasteiger partial charge is 0.329 e. The first-order chi connectivity index (χ1) is 10.4. The van der Waals surface area contributed by atoms with Gasteiger partial charge in [-0.1, -0.05) is 43.2 Å². The van der Waals surface area contributed by atoms with Crippen LogP contribution in [-0.2, 0) is 15.8 Å². The summed E-state index contributed by atoms with van der Waals surface area (Å²) < 4.78 is 11.9. The van der Waals surface area contributed by atoms with Crippen LogP contribution in [0.25, 0.3) is 0 Å². The summed E-state index contributed by atoms with van der Waals surface area (Å²) in [6, 6.07) is 9.70. The average Bonchev–Trinajstić information content (AvgIpc) is 2.94. The molecule has 22 heavy (non-hydrogen) atoms. The van der Waals surface area contributed by atoms with Gasteiger partial charge in [-0.25, -0.2) is 0 Å². The molecule has 1 fully saturated rings. The molecule has 1 unspecified atom stereocenters. The largest absolute Gasteiger partial charge is 0.481 e. The molecule has 1 atom stereocenters. The van der Waals surface area contributed by atoms with Crippen LogP contribution in [0.1, 0.15) is 44.1 Å². The summed E-state index contributed by atoms with van der Waals surface area (Å²) in [5.41, 5.74) is -1.23. The lowest BCUT2D eigenvalue weighted by atomic mass is 9.80. The van der Waals surface area contributed by atoms with Crippen molar-refractivity contribution in [3.63, 3.8) is 0 Å². The minimum Gasteiger partial charge on any atom is -0.481 e. The van der Waals surface area contributed by atoms with Crippen LogP contribution in [0.2, 0.25) is 0 Å². The summed E-state index contributed by atoms with van der Waals surface area (Å²) in [6.07, 6.45) is 3.70. The summed E-state index contributed by atoms with van der Waals surface area (Å²) in [5.74, 6) is -1.06. The number of aliphatic carboxylic acids is 1. The highest BCUT2D eigenvalue weighted by molar-refractivity contribution is 7.52. The Morgan fingerprint density at radius 1 is 1.18 bits per heavy atom. The zero-order valence-corrected chi connectivity index (χ0v) is 13.4. The van der Waals surface area contributed by atoms with Crippen molar-refractivity contribution in [1.82, 2.24) is 0 Å². The maximum atomic E-state index is 11.9. The standard InChI is InChI=1S/C16H23O5P/c17-15(18)16(11-4-5-12-16)14(22(19,20)21)10-6-9-13-7-2-1-3-8-13/h1-3,7-8,14H,4-6,9-12H2,(H,17,18)(H2,19,20,21). The fourth-order valence-corrected chi connectivity index (χ4v) is 5.14. The molecule has 1 saturated carbocycles. The number of carboxylic acid groups (broad SMARTS) is 1. The topological polar surface area (TPSA) is 94.8 Å². The van der Waals surface area contributed by atoms with E-state index >= 15 is 0 Å². The van der Waals surface area contributed by atoms with E-state index in [2.05, 4.69) is 0 Å². The van der Waals surface area contributed by atoms with Crippen molar-refractivity contribution in [2.24, 2.45) is 5.41 Å². The second-order valence-electron chi connectivity index (χ2n) is 6.15. The highest BCUT2D eigenvalue weighted by Crippen LogP contribution is 2.58. The molecule has 1 aliphatic carbocycles. The normalized spacial score (nSPS) is 19.0. The molecule has 1 aromatic carbocycles. The predicted octanol–water partition coefficient (Wildman–Crippen LogP) is 3.20. The molecule has 0 spiro atoms. The number of aryl methyl sites for hydroxylation is 1. The molecule has 0 aliphatic heterocycles. The number of rotatable bonds is 7. The highest BCUT2D eigenvalue weighted by Gasteiger charge is 2.54. The minimum atomic E-state index is -4.45. The Kier molecular flexibility index (Phi) is 5.43. The molecular formula is C16H23O5P. The number of benzene rings is 1. The molecule has 2 rings (SSSR count). The van der Waals surface area contributed by atoms with E-state index in [9.17, 15) is 24.3 Å². The lowest BCUT2D eigenvalue weighted by Crippen LogP contribution is -2.40. The van der Waals surface area contributed by atoms with Crippen LogP contribution in [0.5, 0.6) is 0 Å². The fourth-order valence-electron chi connectivity index (χ4n) is 3.61. The molecule has 0 saturated heterocycles. The maximum absolute atomic E-state index is 11.9. The van der Waals surface area contributed by atoms with E-state index in [-0.39, 0.29) is 6.42 Å². The van der Waals surface area contributed by atoms with Gasteiger partial charge >= 0.3 is 13.6 Å². The average molecular weight is 326 g/mol. The Bertz CT molecular complexity index is 545. The van der Waals surface area contributed by atoms with Crippen LogP contribution >= 0.6 is 7.60 Å². The van der Waals surface area contributed by atoms with Gasteiger partial charge in [-0.2, -0.15) is 0 Å². The molecule has 0 bridgehead atoms. The molecule has 3 N–H and O–H groups in total. The zero-order chi connectivity index (χ0) is 16.2. The predicted molar refractivity (Wildman–Crippen MR) is 83.7 cm³/mol. The van der Waals surface area contributed by atoms with E-state index in [4.69, 9.17) is 0 Å². The van der Waals surface area contributed by atoms with Gasteiger partial charge < -0.3 is 14.9 Å². The molecule has 5 nitrogen and oxygen atoms in total. The van der Waals surface area contributed by atoms with E-state index in [1.807, 2.05) is 30.3 Å². The lowest BCUT2D eigenvalue weighted by molar-refractivity contribution is -0.149. The van der Waals surface area contributed by atoms with Crippen LogP contribution in [0.15, 0.2) is 30.3 Å². The molecule has 122 valence electrons. The molecule has 0 aromatic heterocycles. The van der Waals surface area contributed by atoms with Crippen LogP contribution in [0.4, 0.5) is 0 Å². The minimum absolute atomic E-state index is 0.242. The first-order valence-electron chi connectivity index (χ1n) is 7.69. The summed E-state index contributed by atoms with van der Waals surface area (Å²) in [7, 11) is -4.45. The summed E-state index contributed by atoms with van der Waals surface area (Å²) in [5, 5.41) is 9.57. The Balaban J connectivity index is 2.10. The van der Waals surface area contributed by atoms with E-state index in [1.54, 1.807) is 0 Å². The van der Waals surface area contributed by atoms with Crippen molar-refractivity contribution < 1.29 is 24.3 Å². The number of hydrogen-bond acceptors (Lipinski definition) is 2. The van der Waals surface area contributed by atoms with Gasteiger partial charge in [-0.3, -0.25) is 9.36 Å². The van der Waals surface area contributed by atoms with Crippen LogP contribution in [0.3, 0.4) is 0 Å². The molecule has 0 heterocycles. The number of carboxylic acids is 1. The van der Waals surface area contributed by atoms with Crippen molar-refractivity contribution in [3.05, 3.63) is 35.9 Å². The second kappa shape index (κ2) is 6.95. The van der Waals surface area contributed by atoms with E-state index in [0.29, 0.717) is 25.7 Å². The van der Waals surface area contributed by atoms with Gasteiger partial charge in [-0.05, 0) is 37.7 Å². The molecule has 1 aliphatic rings. The first-order valence-corrected chi connectivity index (χ1v) is 9.37.